The maximum atomic E-state index is 6.10. The van der Waals surface area contributed by atoms with E-state index in [1.54, 1.807) is 0 Å². The highest BCUT2D eigenvalue weighted by Gasteiger charge is 2.34. The molecule has 2 heterocycles. The third kappa shape index (κ3) is 1.65. The Labute approximate surface area is 106 Å². The predicted octanol–water partition coefficient (Wildman–Crippen LogP) is 2.80. The molecule has 0 spiro atoms. The van der Waals surface area contributed by atoms with Crippen LogP contribution in [0.2, 0.25) is 10.0 Å². The molecule has 4 heteroatoms. The highest BCUT2D eigenvalue weighted by molar-refractivity contribution is 6.42. The Bertz CT molecular complexity index is 433. The molecule has 1 unspecified atom stereocenters. The van der Waals surface area contributed by atoms with Gasteiger partial charge in [-0.05, 0) is 30.3 Å². The van der Waals surface area contributed by atoms with Crippen molar-refractivity contribution in [3.63, 3.8) is 0 Å². The van der Waals surface area contributed by atoms with Crippen molar-refractivity contribution < 1.29 is 0 Å². The van der Waals surface area contributed by atoms with E-state index in [4.69, 9.17) is 23.2 Å². The van der Waals surface area contributed by atoms with E-state index < -0.39 is 0 Å². The summed E-state index contributed by atoms with van der Waals surface area (Å²) in [4.78, 5) is 4.89. The van der Waals surface area contributed by atoms with E-state index >= 15 is 0 Å². The minimum absolute atomic E-state index is 0.503. The summed E-state index contributed by atoms with van der Waals surface area (Å²) in [7, 11) is 2.17. The normalized spacial score (nSPS) is 25.6. The summed E-state index contributed by atoms with van der Waals surface area (Å²) in [6.45, 7) is 4.38. The molecule has 1 atom stereocenters. The zero-order valence-electron chi connectivity index (χ0n) is 9.21. The molecule has 16 heavy (non-hydrogen) atoms. The second kappa shape index (κ2) is 3.88. The van der Waals surface area contributed by atoms with Gasteiger partial charge >= 0.3 is 0 Å². The molecule has 0 N–H and O–H groups in total. The van der Waals surface area contributed by atoms with Crippen LogP contribution >= 0.6 is 23.2 Å². The summed E-state index contributed by atoms with van der Waals surface area (Å²) in [6.07, 6.45) is 0. The highest BCUT2D eigenvalue weighted by atomic mass is 35.5. The molecule has 1 aromatic carbocycles. The smallest absolute Gasteiger partial charge is 0.0595 e. The molecule has 0 aromatic heterocycles. The van der Waals surface area contributed by atoms with Gasteiger partial charge in [-0.25, -0.2) is 0 Å². The second-order valence-electron chi connectivity index (χ2n) is 4.71. The zero-order valence-corrected chi connectivity index (χ0v) is 10.7. The summed E-state index contributed by atoms with van der Waals surface area (Å²) in [5.41, 5.74) is 2.70. The lowest BCUT2D eigenvalue weighted by Gasteiger charge is -2.35. The van der Waals surface area contributed by atoms with E-state index in [-0.39, 0.29) is 0 Å². The summed E-state index contributed by atoms with van der Waals surface area (Å²) in [5, 5.41) is 1.35. The monoisotopic (exact) mass is 256 g/mol. The molecule has 0 aliphatic carbocycles. The van der Waals surface area contributed by atoms with Gasteiger partial charge in [-0.3, -0.25) is 4.90 Å². The predicted molar refractivity (Wildman–Crippen MR) is 67.1 cm³/mol. The number of benzene rings is 1. The minimum Gasteiger partial charge on any atom is -0.303 e. The SMILES string of the molecule is CN1CCN2Cc3cc(Cl)c(Cl)cc3C2C1. The fraction of sp³-hybridized carbons (Fsp3) is 0.500. The van der Waals surface area contributed by atoms with Crippen LogP contribution in [-0.4, -0.2) is 36.5 Å². The van der Waals surface area contributed by atoms with Crippen molar-refractivity contribution >= 4 is 23.2 Å². The number of halogens is 2. The first kappa shape index (κ1) is 10.8. The maximum Gasteiger partial charge on any atom is 0.0595 e. The molecule has 0 radical (unpaired) electrons. The number of piperazine rings is 1. The fourth-order valence-electron chi connectivity index (χ4n) is 2.71. The number of nitrogens with zero attached hydrogens (tertiary/aromatic N) is 2. The maximum absolute atomic E-state index is 6.10. The van der Waals surface area contributed by atoms with Crippen LogP contribution in [0.3, 0.4) is 0 Å². The molecule has 2 aliphatic rings. The lowest BCUT2D eigenvalue weighted by atomic mass is 10.0. The van der Waals surface area contributed by atoms with Gasteiger partial charge in [0.25, 0.3) is 0 Å². The van der Waals surface area contributed by atoms with Crippen LogP contribution in [0.1, 0.15) is 17.2 Å². The van der Waals surface area contributed by atoms with Gasteiger partial charge < -0.3 is 4.90 Å². The molecule has 1 aromatic rings. The van der Waals surface area contributed by atoms with Crippen LogP contribution in [0.25, 0.3) is 0 Å². The topological polar surface area (TPSA) is 6.48 Å². The molecular formula is C12H14Cl2N2. The standard InChI is InChI=1S/C12H14Cl2N2/c1-15-2-3-16-6-8-4-10(13)11(14)5-9(8)12(16)7-15/h4-5,12H,2-3,6-7H2,1H3. The number of hydrogen-bond donors (Lipinski definition) is 0. The largest absolute Gasteiger partial charge is 0.303 e. The Morgan fingerprint density at radius 2 is 1.94 bits per heavy atom. The fourth-order valence-corrected chi connectivity index (χ4v) is 3.07. The Balaban J connectivity index is 2.01. The van der Waals surface area contributed by atoms with Crippen molar-refractivity contribution in [3.05, 3.63) is 33.3 Å². The molecule has 0 bridgehead atoms. The number of hydrogen-bond acceptors (Lipinski definition) is 2. The van der Waals surface area contributed by atoms with Crippen molar-refractivity contribution in [1.29, 1.82) is 0 Å². The van der Waals surface area contributed by atoms with Crippen LogP contribution in [-0.2, 0) is 6.54 Å². The molecule has 2 aliphatic heterocycles. The van der Waals surface area contributed by atoms with Gasteiger partial charge in [0.05, 0.1) is 10.0 Å². The lowest BCUT2D eigenvalue weighted by molar-refractivity contribution is 0.101. The van der Waals surface area contributed by atoms with Crippen LogP contribution < -0.4 is 0 Å². The van der Waals surface area contributed by atoms with E-state index in [1.807, 2.05) is 12.1 Å². The van der Waals surface area contributed by atoms with Gasteiger partial charge in [-0.15, -0.1) is 0 Å². The van der Waals surface area contributed by atoms with Crippen LogP contribution in [0.4, 0.5) is 0 Å². The quantitative estimate of drug-likeness (QED) is 0.705. The molecule has 86 valence electrons. The summed E-state index contributed by atoms with van der Waals surface area (Å²) < 4.78 is 0. The molecular weight excluding hydrogens is 243 g/mol. The molecule has 2 nitrogen and oxygen atoms in total. The Morgan fingerprint density at radius 1 is 1.19 bits per heavy atom. The van der Waals surface area contributed by atoms with Crippen LogP contribution in [0.5, 0.6) is 0 Å². The minimum atomic E-state index is 0.503. The first-order valence-corrected chi connectivity index (χ1v) is 6.31. The average Bonchev–Trinajstić information content (AvgIpc) is 2.57. The van der Waals surface area contributed by atoms with E-state index in [9.17, 15) is 0 Å². The van der Waals surface area contributed by atoms with Crippen molar-refractivity contribution in [3.8, 4) is 0 Å². The van der Waals surface area contributed by atoms with Gasteiger partial charge in [-0.1, -0.05) is 23.2 Å². The molecule has 3 rings (SSSR count). The van der Waals surface area contributed by atoms with Crippen molar-refractivity contribution in [2.24, 2.45) is 0 Å². The molecule has 0 amide bonds. The summed E-state index contributed by atoms with van der Waals surface area (Å²) in [6, 6.07) is 4.57. The Hall–Kier alpha value is -0.280. The third-order valence-electron chi connectivity index (χ3n) is 3.61. The van der Waals surface area contributed by atoms with E-state index in [0.717, 1.165) is 26.2 Å². The number of rotatable bonds is 0. The number of fused-ring (bicyclic) bond motifs is 3. The van der Waals surface area contributed by atoms with Crippen LogP contribution in [0, 0.1) is 0 Å². The van der Waals surface area contributed by atoms with Crippen molar-refractivity contribution in [2.45, 2.75) is 12.6 Å². The van der Waals surface area contributed by atoms with Crippen molar-refractivity contribution in [2.75, 3.05) is 26.7 Å². The summed E-state index contributed by atoms with van der Waals surface area (Å²) >= 11 is 12.2. The second-order valence-corrected chi connectivity index (χ2v) is 5.53. The van der Waals surface area contributed by atoms with Crippen molar-refractivity contribution in [1.82, 2.24) is 9.80 Å². The zero-order chi connectivity index (χ0) is 11.3. The molecule has 1 saturated heterocycles. The first-order chi connectivity index (χ1) is 7.65. The van der Waals surface area contributed by atoms with E-state index in [2.05, 4.69) is 16.8 Å². The van der Waals surface area contributed by atoms with Gasteiger partial charge in [0.2, 0.25) is 0 Å². The number of likely N-dealkylation sites (N-methyl/N-ethyl adjacent to an activating group) is 1. The van der Waals surface area contributed by atoms with Gasteiger partial charge in [0.1, 0.15) is 0 Å². The first-order valence-electron chi connectivity index (χ1n) is 5.55. The van der Waals surface area contributed by atoms with E-state index in [1.165, 1.54) is 11.1 Å². The molecule has 0 saturated carbocycles. The molecule has 1 fully saturated rings. The average molecular weight is 257 g/mol. The van der Waals surface area contributed by atoms with Gasteiger partial charge in [-0.2, -0.15) is 0 Å². The lowest BCUT2D eigenvalue weighted by Crippen LogP contribution is -2.43. The van der Waals surface area contributed by atoms with Gasteiger partial charge in [0, 0.05) is 32.2 Å². The summed E-state index contributed by atoms with van der Waals surface area (Å²) in [5.74, 6) is 0. The van der Waals surface area contributed by atoms with E-state index in [0.29, 0.717) is 16.1 Å². The highest BCUT2D eigenvalue weighted by Crippen LogP contribution is 2.39. The van der Waals surface area contributed by atoms with Gasteiger partial charge in [0.15, 0.2) is 0 Å². The van der Waals surface area contributed by atoms with Crippen LogP contribution in [0.15, 0.2) is 12.1 Å². The third-order valence-corrected chi connectivity index (χ3v) is 4.33. The Kier molecular flexibility index (Phi) is 2.63. The Morgan fingerprint density at radius 3 is 2.75 bits per heavy atom.